The highest BCUT2D eigenvalue weighted by molar-refractivity contribution is 5.85. The molecule has 0 radical (unpaired) electrons. The Kier molecular flexibility index (Phi) is 6.40. The van der Waals surface area contributed by atoms with Gasteiger partial charge >= 0.3 is 11.9 Å². The molecule has 2 N–H and O–H groups in total. The van der Waals surface area contributed by atoms with Gasteiger partial charge in [-0.2, -0.15) is 0 Å². The summed E-state index contributed by atoms with van der Waals surface area (Å²) in [5.41, 5.74) is 0.391. The van der Waals surface area contributed by atoms with Crippen LogP contribution in [-0.2, 0) is 23.8 Å². The summed E-state index contributed by atoms with van der Waals surface area (Å²) in [5, 5.41) is 20.0. The van der Waals surface area contributed by atoms with E-state index in [0.717, 1.165) is 19.3 Å². The molecule has 2 aliphatic heterocycles. The SMILES string of the molecule is CC(O)CC(=O)OC[C@]12CC[C@H]3[C@@](C)(CC[C@H]4C(C)(C)CCC[C@]34C)[C@@H]1CC(C1=CC(=O)OC1O)O2. The smallest absolute Gasteiger partial charge is 0.333 e. The van der Waals surface area contributed by atoms with Crippen LogP contribution in [0.4, 0.5) is 0 Å². The van der Waals surface area contributed by atoms with Gasteiger partial charge in [-0.25, -0.2) is 4.79 Å². The average Bonchev–Trinajstić information content (AvgIpc) is 3.31. The minimum absolute atomic E-state index is 0.00265. The summed E-state index contributed by atoms with van der Waals surface area (Å²) in [4.78, 5) is 24.3. The number of carbonyl (C=O) groups is 2. The van der Waals surface area contributed by atoms with Gasteiger partial charge in [0.25, 0.3) is 0 Å². The summed E-state index contributed by atoms with van der Waals surface area (Å²) in [6.07, 6.45) is 7.35. The number of carbonyl (C=O) groups excluding carboxylic acids is 2. The van der Waals surface area contributed by atoms with Crippen molar-refractivity contribution in [3.63, 3.8) is 0 Å². The summed E-state index contributed by atoms with van der Waals surface area (Å²) in [6.45, 7) is 11.6. The fourth-order valence-electron chi connectivity index (χ4n) is 9.68. The lowest BCUT2D eigenvalue weighted by molar-refractivity contribution is -0.217. The first kappa shape index (κ1) is 26.2. The number of aliphatic hydroxyl groups is 2. The van der Waals surface area contributed by atoms with Gasteiger partial charge < -0.3 is 24.4 Å². The number of cyclic esters (lactones) is 1. The van der Waals surface area contributed by atoms with E-state index in [1.54, 1.807) is 6.92 Å². The maximum Gasteiger partial charge on any atom is 0.333 e. The molecule has 202 valence electrons. The van der Waals surface area contributed by atoms with Crippen LogP contribution in [0.2, 0.25) is 0 Å². The van der Waals surface area contributed by atoms with Crippen molar-refractivity contribution in [3.8, 4) is 0 Å². The number of rotatable bonds is 5. The lowest BCUT2D eigenvalue weighted by atomic mass is 9.38. The van der Waals surface area contributed by atoms with Crippen LogP contribution in [0.25, 0.3) is 0 Å². The van der Waals surface area contributed by atoms with Crippen molar-refractivity contribution in [2.45, 2.75) is 117 Å². The average molecular weight is 505 g/mol. The van der Waals surface area contributed by atoms with Crippen LogP contribution in [0.5, 0.6) is 0 Å². The molecule has 5 rings (SSSR count). The Labute approximate surface area is 214 Å². The second-order valence-corrected chi connectivity index (χ2v) is 13.6. The van der Waals surface area contributed by atoms with Crippen LogP contribution in [0.15, 0.2) is 11.6 Å². The molecule has 36 heavy (non-hydrogen) atoms. The first-order valence-electron chi connectivity index (χ1n) is 13.9. The molecule has 3 aliphatic carbocycles. The summed E-state index contributed by atoms with van der Waals surface area (Å²) in [6, 6.07) is 0. The Balaban J connectivity index is 1.48. The Bertz CT molecular complexity index is 940. The van der Waals surface area contributed by atoms with Gasteiger partial charge in [0, 0.05) is 11.6 Å². The van der Waals surface area contributed by atoms with Crippen molar-refractivity contribution < 1.29 is 34.0 Å². The summed E-state index contributed by atoms with van der Waals surface area (Å²) in [5.74, 6) is 0.379. The minimum atomic E-state index is -1.28. The number of fused-ring (bicyclic) bond motifs is 5. The molecule has 0 aromatic heterocycles. The summed E-state index contributed by atoms with van der Waals surface area (Å²) < 4.78 is 17.5. The predicted molar refractivity (Wildman–Crippen MR) is 132 cm³/mol. The van der Waals surface area contributed by atoms with Crippen LogP contribution < -0.4 is 0 Å². The Morgan fingerprint density at radius 1 is 1.08 bits per heavy atom. The Morgan fingerprint density at radius 3 is 2.44 bits per heavy atom. The monoisotopic (exact) mass is 504 g/mol. The van der Waals surface area contributed by atoms with Crippen molar-refractivity contribution in [2.24, 2.45) is 34.0 Å². The highest BCUT2D eigenvalue weighted by Gasteiger charge is 2.68. The van der Waals surface area contributed by atoms with Crippen LogP contribution in [0.3, 0.4) is 0 Å². The number of ether oxygens (including phenoxy) is 3. The molecular formula is C29H44O7. The number of aliphatic hydroxyl groups excluding tert-OH is 2. The van der Waals surface area contributed by atoms with Gasteiger partial charge in [-0.05, 0) is 85.9 Å². The molecule has 2 heterocycles. The molecule has 0 spiro atoms. The van der Waals surface area contributed by atoms with E-state index in [4.69, 9.17) is 14.2 Å². The second-order valence-electron chi connectivity index (χ2n) is 13.6. The van der Waals surface area contributed by atoms with E-state index in [-0.39, 0.29) is 29.8 Å². The lowest BCUT2D eigenvalue weighted by Crippen LogP contribution is -2.63. The predicted octanol–water partition coefficient (Wildman–Crippen LogP) is 4.29. The molecule has 0 bridgehead atoms. The van der Waals surface area contributed by atoms with Crippen LogP contribution in [0.1, 0.15) is 92.4 Å². The van der Waals surface area contributed by atoms with Crippen molar-refractivity contribution in [3.05, 3.63) is 11.6 Å². The van der Waals surface area contributed by atoms with E-state index < -0.39 is 36.0 Å². The molecule has 4 fully saturated rings. The van der Waals surface area contributed by atoms with Crippen molar-refractivity contribution in [2.75, 3.05) is 6.61 Å². The topological polar surface area (TPSA) is 102 Å². The third kappa shape index (κ3) is 4.04. The van der Waals surface area contributed by atoms with Gasteiger partial charge in [0.15, 0.2) is 0 Å². The molecule has 5 aliphatic rings. The van der Waals surface area contributed by atoms with E-state index >= 15 is 0 Å². The molecule has 7 heteroatoms. The van der Waals surface area contributed by atoms with E-state index in [1.165, 1.54) is 31.8 Å². The zero-order valence-electron chi connectivity index (χ0n) is 22.5. The van der Waals surface area contributed by atoms with Gasteiger partial charge in [-0.1, -0.05) is 34.1 Å². The number of hydrogen-bond donors (Lipinski definition) is 2. The van der Waals surface area contributed by atoms with Gasteiger partial charge in [0.1, 0.15) is 12.2 Å². The quantitative estimate of drug-likeness (QED) is 0.539. The normalized spacial score (nSPS) is 46.1. The molecule has 0 aromatic rings. The lowest BCUT2D eigenvalue weighted by Gasteiger charge is -2.67. The fraction of sp³-hybridized carbons (Fsp3) is 0.862. The zero-order chi connectivity index (χ0) is 26.1. The molecule has 7 nitrogen and oxygen atoms in total. The second kappa shape index (κ2) is 8.81. The van der Waals surface area contributed by atoms with Gasteiger partial charge in [0.05, 0.1) is 18.6 Å². The highest BCUT2D eigenvalue weighted by Crippen LogP contribution is 2.71. The van der Waals surface area contributed by atoms with Gasteiger partial charge in [-0.3, -0.25) is 4.79 Å². The van der Waals surface area contributed by atoms with Crippen molar-refractivity contribution in [1.82, 2.24) is 0 Å². The summed E-state index contributed by atoms with van der Waals surface area (Å²) >= 11 is 0. The molecule has 9 atom stereocenters. The standard InChI is InChI=1S/C29H44O7/c1-17(30)13-23(31)34-16-29-12-8-21-27(4)10-6-9-26(2,3)20(27)7-11-28(21,5)22(29)15-19(36-29)18-14-24(32)35-25(18)33/h14,17,19-22,25,30,33H,6-13,15-16H2,1-5H3/t17?,19?,20-,21+,22-,25?,27-,28+,29+/m0/s1. The van der Waals surface area contributed by atoms with Gasteiger partial charge in [-0.15, -0.1) is 0 Å². The molecule has 0 amide bonds. The molecule has 1 saturated heterocycles. The van der Waals surface area contributed by atoms with Gasteiger partial charge in [0.2, 0.25) is 6.29 Å². The third-order valence-electron chi connectivity index (χ3n) is 11.1. The number of hydrogen-bond acceptors (Lipinski definition) is 7. The fourth-order valence-corrected chi connectivity index (χ4v) is 9.68. The Morgan fingerprint density at radius 2 is 1.78 bits per heavy atom. The van der Waals surface area contributed by atoms with E-state index in [2.05, 4.69) is 27.7 Å². The molecule has 3 unspecified atom stereocenters. The van der Waals surface area contributed by atoms with Crippen LogP contribution in [-0.4, -0.2) is 52.9 Å². The Hall–Kier alpha value is -1.44. The third-order valence-corrected chi connectivity index (χ3v) is 11.1. The first-order valence-corrected chi connectivity index (χ1v) is 13.9. The highest BCUT2D eigenvalue weighted by atomic mass is 16.6. The van der Waals surface area contributed by atoms with Crippen LogP contribution >= 0.6 is 0 Å². The largest absolute Gasteiger partial charge is 0.463 e. The van der Waals surface area contributed by atoms with Crippen molar-refractivity contribution >= 4 is 11.9 Å². The van der Waals surface area contributed by atoms with Crippen LogP contribution in [0, 0.1) is 34.0 Å². The number of esters is 2. The minimum Gasteiger partial charge on any atom is -0.463 e. The van der Waals surface area contributed by atoms with E-state index in [9.17, 15) is 19.8 Å². The maximum absolute atomic E-state index is 12.4. The van der Waals surface area contributed by atoms with Crippen molar-refractivity contribution in [1.29, 1.82) is 0 Å². The molecule has 3 saturated carbocycles. The first-order chi connectivity index (χ1) is 16.8. The van der Waals surface area contributed by atoms with E-state index in [0.29, 0.717) is 29.2 Å². The zero-order valence-corrected chi connectivity index (χ0v) is 22.5. The molecular weight excluding hydrogens is 460 g/mol. The maximum atomic E-state index is 12.4. The van der Waals surface area contributed by atoms with E-state index in [1.807, 2.05) is 0 Å². The summed E-state index contributed by atoms with van der Waals surface area (Å²) in [7, 11) is 0. The molecule has 0 aromatic carbocycles.